The predicted molar refractivity (Wildman–Crippen MR) is 79.3 cm³/mol. The first-order chi connectivity index (χ1) is 9.72. The molecule has 0 radical (unpaired) electrons. The molecule has 0 N–H and O–H groups in total. The van der Waals surface area contributed by atoms with E-state index >= 15 is 0 Å². The van der Waals surface area contributed by atoms with Gasteiger partial charge >= 0.3 is 0 Å². The fourth-order valence-electron chi connectivity index (χ4n) is 2.19. The Kier molecular flexibility index (Phi) is 3.43. The van der Waals surface area contributed by atoms with Gasteiger partial charge in [0.05, 0.1) is 13.2 Å². The molecule has 3 rings (SSSR count). The number of aromatic nitrogens is 4. The molecule has 6 nitrogen and oxygen atoms in total. The van der Waals surface area contributed by atoms with Gasteiger partial charge in [-0.3, -0.25) is 9.98 Å². The fraction of sp³-hybridized carbons (Fsp3) is 0.385. The second-order valence-corrected chi connectivity index (χ2v) is 5.32. The minimum Gasteiger partial charge on any atom is -0.497 e. The second-order valence-electron chi connectivity index (χ2n) is 4.53. The van der Waals surface area contributed by atoms with Crippen molar-refractivity contribution in [3.63, 3.8) is 0 Å². The van der Waals surface area contributed by atoms with E-state index in [0.29, 0.717) is 0 Å². The van der Waals surface area contributed by atoms with Crippen molar-refractivity contribution < 1.29 is 4.74 Å². The monoisotopic (exact) mass is 289 g/mol. The van der Waals surface area contributed by atoms with Crippen LogP contribution in [0.1, 0.15) is 12.7 Å². The van der Waals surface area contributed by atoms with Crippen molar-refractivity contribution in [1.29, 1.82) is 0 Å². The Morgan fingerprint density at radius 1 is 1.35 bits per heavy atom. The lowest BCUT2D eigenvalue weighted by Gasteiger charge is -2.19. The van der Waals surface area contributed by atoms with Gasteiger partial charge in [0.25, 0.3) is 0 Å². The van der Waals surface area contributed by atoms with E-state index in [1.165, 1.54) is 0 Å². The number of thioether (sulfide) groups is 1. The molecule has 3 heterocycles. The van der Waals surface area contributed by atoms with Gasteiger partial charge < -0.3 is 9.30 Å². The van der Waals surface area contributed by atoms with Crippen LogP contribution in [0.15, 0.2) is 23.3 Å². The van der Waals surface area contributed by atoms with Crippen molar-refractivity contribution in [2.45, 2.75) is 19.5 Å². The van der Waals surface area contributed by atoms with Gasteiger partial charge in [0.15, 0.2) is 11.6 Å². The number of hydrogen-bond acceptors (Lipinski definition) is 6. The Bertz CT molecular complexity index is 667. The van der Waals surface area contributed by atoms with Crippen molar-refractivity contribution >= 4 is 16.8 Å². The zero-order chi connectivity index (χ0) is 14.1. The molecule has 0 saturated heterocycles. The topological polar surface area (TPSA) is 65.2 Å². The standard InChI is InChI=1S/C13H15N5OS/c1-8-7-18-11(10-6-9(19-2)4-5-14-10)16-17-12(18)13(15-8)20-3/h4-6,8H,7H2,1-3H3/t8-/m0/s1. The summed E-state index contributed by atoms with van der Waals surface area (Å²) in [6, 6.07) is 3.89. The zero-order valence-corrected chi connectivity index (χ0v) is 12.4. The molecule has 0 fully saturated rings. The van der Waals surface area contributed by atoms with E-state index in [9.17, 15) is 0 Å². The molecule has 1 aliphatic heterocycles. The van der Waals surface area contributed by atoms with Crippen molar-refractivity contribution in [2.24, 2.45) is 4.99 Å². The van der Waals surface area contributed by atoms with E-state index in [-0.39, 0.29) is 6.04 Å². The van der Waals surface area contributed by atoms with Crippen molar-refractivity contribution in [3.05, 3.63) is 24.2 Å². The van der Waals surface area contributed by atoms with Gasteiger partial charge in [0.2, 0.25) is 0 Å². The summed E-state index contributed by atoms with van der Waals surface area (Å²) in [4.78, 5) is 8.96. The van der Waals surface area contributed by atoms with Crippen molar-refractivity contribution in [2.75, 3.05) is 13.4 Å². The molecule has 0 aliphatic carbocycles. The lowest BCUT2D eigenvalue weighted by Crippen LogP contribution is -2.23. The zero-order valence-electron chi connectivity index (χ0n) is 11.6. The number of rotatable bonds is 2. The summed E-state index contributed by atoms with van der Waals surface area (Å²) in [7, 11) is 1.64. The maximum atomic E-state index is 5.24. The molecule has 1 aliphatic rings. The van der Waals surface area contributed by atoms with Crippen LogP contribution in [-0.2, 0) is 6.54 Å². The van der Waals surface area contributed by atoms with Gasteiger partial charge in [-0.2, -0.15) is 0 Å². The number of ether oxygens (including phenoxy) is 1. The first kappa shape index (κ1) is 13.1. The number of aliphatic imine (C=N–C) groups is 1. The Hall–Kier alpha value is -1.89. The number of methoxy groups -OCH3 is 1. The molecule has 7 heteroatoms. The van der Waals surface area contributed by atoms with E-state index in [0.717, 1.165) is 34.7 Å². The summed E-state index contributed by atoms with van der Waals surface area (Å²) in [5.74, 6) is 2.33. The molecule has 0 amide bonds. The maximum Gasteiger partial charge on any atom is 0.189 e. The summed E-state index contributed by atoms with van der Waals surface area (Å²) in [6.07, 6.45) is 3.71. The third kappa shape index (κ3) is 2.18. The van der Waals surface area contributed by atoms with Gasteiger partial charge in [-0.25, -0.2) is 0 Å². The highest BCUT2D eigenvalue weighted by atomic mass is 32.2. The molecule has 104 valence electrons. The van der Waals surface area contributed by atoms with E-state index in [4.69, 9.17) is 4.74 Å². The maximum absolute atomic E-state index is 5.24. The summed E-state index contributed by atoms with van der Waals surface area (Å²) in [6.45, 7) is 2.85. The second kappa shape index (κ2) is 5.24. The normalized spacial score (nSPS) is 17.6. The van der Waals surface area contributed by atoms with Crippen LogP contribution in [0.25, 0.3) is 11.5 Å². The Balaban J connectivity index is 2.09. The summed E-state index contributed by atoms with van der Waals surface area (Å²) in [5, 5.41) is 9.45. The molecule has 20 heavy (non-hydrogen) atoms. The molecular weight excluding hydrogens is 274 g/mol. The molecule has 0 bridgehead atoms. The first-order valence-electron chi connectivity index (χ1n) is 6.28. The van der Waals surface area contributed by atoms with Crippen LogP contribution in [0.5, 0.6) is 5.75 Å². The Morgan fingerprint density at radius 3 is 2.90 bits per heavy atom. The Labute approximate surface area is 121 Å². The van der Waals surface area contributed by atoms with Gasteiger partial charge in [0.1, 0.15) is 16.5 Å². The van der Waals surface area contributed by atoms with Gasteiger partial charge in [0, 0.05) is 18.8 Å². The van der Waals surface area contributed by atoms with Crippen molar-refractivity contribution in [1.82, 2.24) is 19.7 Å². The smallest absolute Gasteiger partial charge is 0.189 e. The summed E-state index contributed by atoms with van der Waals surface area (Å²) >= 11 is 1.59. The highest BCUT2D eigenvalue weighted by Crippen LogP contribution is 2.25. The minimum atomic E-state index is 0.213. The average molecular weight is 289 g/mol. The van der Waals surface area contributed by atoms with E-state index in [1.54, 1.807) is 25.1 Å². The van der Waals surface area contributed by atoms with Crippen LogP contribution >= 0.6 is 11.8 Å². The molecule has 0 aromatic carbocycles. The summed E-state index contributed by atoms with van der Waals surface area (Å²) < 4.78 is 7.31. The highest BCUT2D eigenvalue weighted by molar-refractivity contribution is 8.13. The van der Waals surface area contributed by atoms with Crippen molar-refractivity contribution in [3.8, 4) is 17.3 Å². The molecule has 0 unspecified atom stereocenters. The van der Waals surface area contributed by atoms with Gasteiger partial charge in [-0.1, -0.05) is 0 Å². The first-order valence-corrected chi connectivity index (χ1v) is 7.51. The third-order valence-electron chi connectivity index (χ3n) is 3.12. The lowest BCUT2D eigenvalue weighted by atomic mass is 10.2. The molecule has 0 saturated carbocycles. The minimum absolute atomic E-state index is 0.213. The molecular formula is C13H15N5OS. The number of hydrogen-bond donors (Lipinski definition) is 0. The molecule has 1 atom stereocenters. The van der Waals surface area contributed by atoms with Gasteiger partial charge in [-0.15, -0.1) is 22.0 Å². The van der Waals surface area contributed by atoms with E-state index < -0.39 is 0 Å². The quantitative estimate of drug-likeness (QED) is 0.844. The highest BCUT2D eigenvalue weighted by Gasteiger charge is 2.24. The average Bonchev–Trinajstić information content (AvgIpc) is 2.90. The Morgan fingerprint density at radius 2 is 2.15 bits per heavy atom. The van der Waals surface area contributed by atoms with Crippen LogP contribution in [0.4, 0.5) is 0 Å². The van der Waals surface area contributed by atoms with Crippen LogP contribution in [0.3, 0.4) is 0 Å². The largest absolute Gasteiger partial charge is 0.497 e. The van der Waals surface area contributed by atoms with Crippen LogP contribution in [0.2, 0.25) is 0 Å². The predicted octanol–water partition coefficient (Wildman–Crippen LogP) is 1.86. The number of nitrogens with zero attached hydrogens (tertiary/aromatic N) is 5. The van der Waals surface area contributed by atoms with E-state index in [2.05, 4.69) is 31.7 Å². The fourth-order valence-corrected chi connectivity index (χ4v) is 2.81. The SMILES string of the molecule is COc1ccnc(-c2nnc3n2C[C@H](C)N=C3SC)c1. The summed E-state index contributed by atoms with van der Waals surface area (Å²) in [5.41, 5.74) is 0.762. The van der Waals surface area contributed by atoms with E-state index in [1.807, 2.05) is 18.4 Å². The number of fused-ring (bicyclic) bond motifs is 1. The van der Waals surface area contributed by atoms with Crippen LogP contribution in [-0.4, -0.2) is 44.2 Å². The third-order valence-corrected chi connectivity index (χ3v) is 3.79. The van der Waals surface area contributed by atoms with Crippen LogP contribution in [0, 0.1) is 0 Å². The van der Waals surface area contributed by atoms with Crippen LogP contribution < -0.4 is 4.74 Å². The lowest BCUT2D eigenvalue weighted by molar-refractivity contribution is 0.414. The van der Waals surface area contributed by atoms with Gasteiger partial charge in [-0.05, 0) is 19.2 Å². The molecule has 2 aromatic rings. The molecule has 2 aromatic heterocycles. The number of pyridine rings is 1. The molecule has 0 spiro atoms.